The van der Waals surface area contributed by atoms with E-state index in [2.05, 4.69) is 26.0 Å². The first-order valence-corrected chi connectivity index (χ1v) is 21.7. The van der Waals surface area contributed by atoms with Crippen LogP contribution in [0.3, 0.4) is 0 Å². The third-order valence-electron chi connectivity index (χ3n) is 8.70. The van der Waals surface area contributed by atoms with Crippen LogP contribution in [0.1, 0.15) is 187 Å². The molecule has 0 aliphatic heterocycles. The summed E-state index contributed by atoms with van der Waals surface area (Å²) in [6.45, 7) is 3.52. The molecule has 0 rings (SSSR count). The van der Waals surface area contributed by atoms with Crippen molar-refractivity contribution in [3.8, 4) is 0 Å². The Balaban J connectivity index is 4.19. The SMILES string of the molecule is CCCCCC/C=C\CCCCCCCC(=O)OC(COCCCCCCCCCCCCCCCCC)COP(=O)(O)OCC(O)CO. The number of carbonyl (C=O) groups excluding carboxylic acids is 1. The smallest absolute Gasteiger partial charge is 0.457 e. The fraction of sp³-hybridized carbons (Fsp3) is 0.923. The van der Waals surface area contributed by atoms with Gasteiger partial charge in [0.2, 0.25) is 0 Å². The van der Waals surface area contributed by atoms with E-state index in [1.54, 1.807) is 0 Å². The first kappa shape index (κ1) is 48.2. The molecule has 0 aliphatic rings. The molecule has 0 aromatic rings. The number of phosphoric ester groups is 1. The first-order valence-electron chi connectivity index (χ1n) is 20.2. The van der Waals surface area contributed by atoms with E-state index in [-0.39, 0.29) is 25.6 Å². The fourth-order valence-corrected chi connectivity index (χ4v) is 6.37. The Hall–Kier alpha value is -0.800. The lowest BCUT2D eigenvalue weighted by molar-refractivity contribution is -0.154. The molecule has 3 N–H and O–H groups in total. The van der Waals surface area contributed by atoms with Crippen LogP contribution in [0.15, 0.2) is 12.2 Å². The van der Waals surface area contributed by atoms with Crippen LogP contribution < -0.4 is 0 Å². The number of hydrogen-bond donors (Lipinski definition) is 3. The summed E-state index contributed by atoms with van der Waals surface area (Å²) in [5, 5.41) is 18.3. The second-order valence-electron chi connectivity index (χ2n) is 13.7. The number of carbonyl (C=O) groups is 1. The Morgan fingerprint density at radius 1 is 0.612 bits per heavy atom. The number of rotatable bonds is 39. The van der Waals surface area contributed by atoms with E-state index in [4.69, 9.17) is 23.6 Å². The normalized spacial score (nSPS) is 14.3. The van der Waals surface area contributed by atoms with E-state index in [0.717, 1.165) is 51.4 Å². The van der Waals surface area contributed by atoms with Crippen LogP contribution in [-0.2, 0) is 27.9 Å². The van der Waals surface area contributed by atoms with Crippen molar-refractivity contribution >= 4 is 13.8 Å². The summed E-state index contributed by atoms with van der Waals surface area (Å²) in [7, 11) is -4.51. The van der Waals surface area contributed by atoms with E-state index < -0.39 is 33.2 Å². The molecule has 0 saturated carbocycles. The lowest BCUT2D eigenvalue weighted by Crippen LogP contribution is -2.29. The zero-order chi connectivity index (χ0) is 36.1. The predicted octanol–water partition coefficient (Wildman–Crippen LogP) is 10.5. The van der Waals surface area contributed by atoms with Gasteiger partial charge in [0.25, 0.3) is 0 Å². The van der Waals surface area contributed by atoms with Crippen LogP contribution >= 0.6 is 7.82 Å². The molecule has 49 heavy (non-hydrogen) atoms. The second kappa shape index (κ2) is 37.0. The highest BCUT2D eigenvalue weighted by Crippen LogP contribution is 2.43. The van der Waals surface area contributed by atoms with E-state index in [1.807, 2.05) is 0 Å². The van der Waals surface area contributed by atoms with Gasteiger partial charge in [-0.1, -0.05) is 154 Å². The number of ether oxygens (including phenoxy) is 2. The lowest BCUT2D eigenvalue weighted by Gasteiger charge is -2.20. The molecule has 0 bridgehead atoms. The predicted molar refractivity (Wildman–Crippen MR) is 201 cm³/mol. The molecule has 0 aromatic carbocycles. The lowest BCUT2D eigenvalue weighted by atomic mass is 10.0. The van der Waals surface area contributed by atoms with E-state index >= 15 is 0 Å². The largest absolute Gasteiger partial charge is 0.472 e. The molecule has 292 valence electrons. The molecule has 0 aromatic heterocycles. The van der Waals surface area contributed by atoms with Crippen molar-refractivity contribution in [1.29, 1.82) is 0 Å². The van der Waals surface area contributed by atoms with E-state index in [1.165, 1.54) is 116 Å². The summed E-state index contributed by atoms with van der Waals surface area (Å²) in [5.74, 6) is -0.389. The Kier molecular flexibility index (Phi) is 36.4. The van der Waals surface area contributed by atoms with Crippen molar-refractivity contribution in [2.75, 3.05) is 33.0 Å². The van der Waals surface area contributed by atoms with Gasteiger partial charge >= 0.3 is 13.8 Å². The minimum atomic E-state index is -4.51. The summed E-state index contributed by atoms with van der Waals surface area (Å²) in [6, 6.07) is 0. The topological polar surface area (TPSA) is 132 Å². The number of unbranched alkanes of at least 4 members (excludes halogenated alkanes) is 23. The van der Waals surface area contributed by atoms with Gasteiger partial charge in [-0.15, -0.1) is 0 Å². The maximum atomic E-state index is 12.5. The third-order valence-corrected chi connectivity index (χ3v) is 9.65. The van der Waals surface area contributed by atoms with Crippen molar-refractivity contribution < 1.29 is 43.0 Å². The number of hydrogen-bond acceptors (Lipinski definition) is 8. The second-order valence-corrected chi connectivity index (χ2v) is 15.1. The average molecular weight is 721 g/mol. The molecule has 0 heterocycles. The van der Waals surface area contributed by atoms with E-state index in [0.29, 0.717) is 6.61 Å². The molecular weight excluding hydrogens is 643 g/mol. The highest BCUT2D eigenvalue weighted by molar-refractivity contribution is 7.47. The number of aliphatic hydroxyl groups is 2. The van der Waals surface area contributed by atoms with Crippen molar-refractivity contribution in [2.24, 2.45) is 0 Å². The van der Waals surface area contributed by atoms with Crippen molar-refractivity contribution in [3.63, 3.8) is 0 Å². The van der Waals surface area contributed by atoms with E-state index in [9.17, 15) is 19.4 Å². The zero-order valence-corrected chi connectivity index (χ0v) is 32.6. The molecule has 9 nitrogen and oxygen atoms in total. The highest BCUT2D eigenvalue weighted by atomic mass is 31.2. The van der Waals surface area contributed by atoms with Crippen LogP contribution in [0.4, 0.5) is 0 Å². The summed E-state index contributed by atoms with van der Waals surface area (Å²) in [6.07, 6.45) is 34.5. The Morgan fingerprint density at radius 3 is 1.55 bits per heavy atom. The Morgan fingerprint density at radius 2 is 1.04 bits per heavy atom. The van der Waals surface area contributed by atoms with Gasteiger partial charge in [0.05, 0.1) is 26.4 Å². The highest BCUT2D eigenvalue weighted by Gasteiger charge is 2.26. The number of esters is 1. The molecule has 0 fully saturated rings. The Bertz CT molecular complexity index is 780. The molecule has 10 heteroatoms. The zero-order valence-electron chi connectivity index (χ0n) is 31.7. The minimum absolute atomic E-state index is 0.0513. The first-order chi connectivity index (χ1) is 23.8. The van der Waals surface area contributed by atoms with Gasteiger partial charge in [-0.3, -0.25) is 13.8 Å². The van der Waals surface area contributed by atoms with Crippen molar-refractivity contribution in [2.45, 2.75) is 199 Å². The van der Waals surface area contributed by atoms with Crippen molar-refractivity contribution in [3.05, 3.63) is 12.2 Å². The summed E-state index contributed by atoms with van der Waals surface area (Å²) >= 11 is 0. The maximum absolute atomic E-state index is 12.5. The number of allylic oxidation sites excluding steroid dienone is 2. The molecule has 3 atom stereocenters. The van der Waals surface area contributed by atoms with Gasteiger partial charge < -0.3 is 24.6 Å². The quantitative estimate of drug-likeness (QED) is 0.0246. The molecule has 0 amide bonds. The minimum Gasteiger partial charge on any atom is -0.457 e. The van der Waals surface area contributed by atoms with Crippen LogP contribution in [0.25, 0.3) is 0 Å². The van der Waals surface area contributed by atoms with Gasteiger partial charge in [0.1, 0.15) is 12.2 Å². The van der Waals surface area contributed by atoms with Gasteiger partial charge in [-0.05, 0) is 38.5 Å². The van der Waals surface area contributed by atoms with Crippen LogP contribution in [-0.4, -0.2) is 66.3 Å². The third kappa shape index (κ3) is 36.8. The molecule has 3 unspecified atom stereocenters. The van der Waals surface area contributed by atoms with Crippen LogP contribution in [0.2, 0.25) is 0 Å². The fourth-order valence-electron chi connectivity index (χ4n) is 5.59. The van der Waals surface area contributed by atoms with Gasteiger partial charge in [0, 0.05) is 13.0 Å². The average Bonchev–Trinajstić information content (AvgIpc) is 3.09. The van der Waals surface area contributed by atoms with Gasteiger partial charge in [-0.25, -0.2) is 4.57 Å². The molecular formula is C39H77O9P. The van der Waals surface area contributed by atoms with Crippen LogP contribution in [0.5, 0.6) is 0 Å². The number of phosphoric acid groups is 1. The summed E-state index contributed by atoms with van der Waals surface area (Å²) < 4.78 is 33.3. The molecule has 0 spiro atoms. The molecule has 0 saturated heterocycles. The monoisotopic (exact) mass is 721 g/mol. The standard InChI is InChI=1S/C39H77O9P/c1-3-5-7-9-11-13-15-17-18-20-22-24-26-28-30-32-45-35-38(36-47-49(43,44)46-34-37(41)33-40)48-39(42)31-29-27-25-23-21-19-16-14-12-10-8-6-4-2/h14,16,37-38,40-41H,3-13,15,17-36H2,1-2H3,(H,43,44)/b16-14-. The maximum Gasteiger partial charge on any atom is 0.472 e. The van der Waals surface area contributed by atoms with Crippen LogP contribution in [0, 0.1) is 0 Å². The van der Waals surface area contributed by atoms with Crippen molar-refractivity contribution in [1.82, 2.24) is 0 Å². The number of aliphatic hydroxyl groups excluding tert-OH is 2. The summed E-state index contributed by atoms with van der Waals surface area (Å²) in [5.41, 5.74) is 0. The van der Waals surface area contributed by atoms with Gasteiger partial charge in [-0.2, -0.15) is 0 Å². The summed E-state index contributed by atoms with van der Waals surface area (Å²) in [4.78, 5) is 22.5. The molecule has 0 aliphatic carbocycles. The van der Waals surface area contributed by atoms with Gasteiger partial charge in [0.15, 0.2) is 0 Å². The molecule has 0 radical (unpaired) electrons. The Labute approximate surface area is 300 Å².